The van der Waals surface area contributed by atoms with Gasteiger partial charge >= 0.3 is 0 Å². The Bertz CT molecular complexity index is 225. The van der Waals surface area contributed by atoms with Crippen LogP contribution in [0.3, 0.4) is 0 Å². The van der Waals surface area contributed by atoms with Crippen LogP contribution in [0.1, 0.15) is 58.8 Å². The highest BCUT2D eigenvalue weighted by Gasteiger charge is 2.36. The van der Waals surface area contributed by atoms with Gasteiger partial charge in [-0.3, -0.25) is 0 Å². The first kappa shape index (κ1) is 13.4. The van der Waals surface area contributed by atoms with Crippen LogP contribution in [0.15, 0.2) is 0 Å². The fourth-order valence-corrected chi connectivity index (χ4v) is 3.98. The van der Waals surface area contributed by atoms with Crippen molar-refractivity contribution in [1.82, 2.24) is 5.32 Å². The quantitative estimate of drug-likeness (QED) is 0.773. The predicted octanol–water partition coefficient (Wildman–Crippen LogP) is 2.92. The molecule has 0 aromatic rings. The van der Waals surface area contributed by atoms with Gasteiger partial charge in [-0.2, -0.15) is 0 Å². The van der Waals surface area contributed by atoms with Crippen LogP contribution in [0.4, 0.5) is 0 Å². The third kappa shape index (κ3) is 3.45. The zero-order chi connectivity index (χ0) is 12.3. The Kier molecular flexibility index (Phi) is 4.48. The maximum atomic E-state index is 6.06. The van der Waals surface area contributed by atoms with Gasteiger partial charge < -0.3 is 11.1 Å². The van der Waals surface area contributed by atoms with E-state index in [1.165, 1.54) is 51.5 Å². The largest absolute Gasteiger partial charge is 0.329 e. The maximum Gasteiger partial charge on any atom is 0.0309 e. The molecule has 0 aliphatic heterocycles. The lowest BCUT2D eigenvalue weighted by Crippen LogP contribution is -2.55. The average Bonchev–Trinajstić information content (AvgIpc) is 2.20. The molecule has 17 heavy (non-hydrogen) atoms. The highest BCUT2D eigenvalue weighted by molar-refractivity contribution is 4.95. The SMILES string of the molecule is CC1CC(C)CC(CN)(NCCC2CCC2)C1. The van der Waals surface area contributed by atoms with Gasteiger partial charge in [-0.15, -0.1) is 0 Å². The third-order valence-corrected chi connectivity index (χ3v) is 4.95. The topological polar surface area (TPSA) is 38.0 Å². The Morgan fingerprint density at radius 1 is 1.18 bits per heavy atom. The van der Waals surface area contributed by atoms with E-state index in [-0.39, 0.29) is 5.54 Å². The number of hydrogen-bond donors (Lipinski definition) is 2. The normalized spacial score (nSPS) is 39.0. The Balaban J connectivity index is 1.80. The Morgan fingerprint density at radius 3 is 2.29 bits per heavy atom. The highest BCUT2D eigenvalue weighted by atomic mass is 15.0. The van der Waals surface area contributed by atoms with Gasteiger partial charge in [-0.25, -0.2) is 0 Å². The number of rotatable bonds is 5. The molecule has 2 heteroatoms. The molecule has 2 nitrogen and oxygen atoms in total. The first-order valence-electron chi connectivity index (χ1n) is 7.58. The van der Waals surface area contributed by atoms with Crippen LogP contribution in [-0.4, -0.2) is 18.6 Å². The Labute approximate surface area is 107 Å². The van der Waals surface area contributed by atoms with E-state index >= 15 is 0 Å². The van der Waals surface area contributed by atoms with E-state index in [0.717, 1.165) is 24.3 Å². The lowest BCUT2D eigenvalue weighted by molar-refractivity contribution is 0.144. The summed E-state index contributed by atoms with van der Waals surface area (Å²) in [5, 5.41) is 3.82. The van der Waals surface area contributed by atoms with E-state index in [1.807, 2.05) is 0 Å². The second-order valence-electron chi connectivity index (χ2n) is 6.85. The third-order valence-electron chi connectivity index (χ3n) is 4.95. The van der Waals surface area contributed by atoms with Gasteiger partial charge in [0.25, 0.3) is 0 Å². The summed E-state index contributed by atoms with van der Waals surface area (Å²) in [6.07, 6.45) is 9.68. The van der Waals surface area contributed by atoms with E-state index in [2.05, 4.69) is 19.2 Å². The molecule has 0 amide bonds. The molecule has 0 saturated heterocycles. The first-order chi connectivity index (χ1) is 8.13. The van der Waals surface area contributed by atoms with Crippen LogP contribution in [0.2, 0.25) is 0 Å². The van der Waals surface area contributed by atoms with Crippen LogP contribution in [0.25, 0.3) is 0 Å². The molecule has 0 aromatic carbocycles. The average molecular weight is 238 g/mol. The van der Waals surface area contributed by atoms with Crippen molar-refractivity contribution in [3.05, 3.63) is 0 Å². The van der Waals surface area contributed by atoms with Crippen molar-refractivity contribution < 1.29 is 0 Å². The zero-order valence-electron chi connectivity index (χ0n) is 11.7. The summed E-state index contributed by atoms with van der Waals surface area (Å²) in [7, 11) is 0. The maximum absolute atomic E-state index is 6.06. The molecule has 2 saturated carbocycles. The van der Waals surface area contributed by atoms with E-state index in [1.54, 1.807) is 0 Å². The van der Waals surface area contributed by atoms with Crippen molar-refractivity contribution in [3.63, 3.8) is 0 Å². The predicted molar refractivity (Wildman–Crippen MR) is 73.9 cm³/mol. The van der Waals surface area contributed by atoms with E-state index in [0.29, 0.717) is 0 Å². The van der Waals surface area contributed by atoms with Gasteiger partial charge in [0.15, 0.2) is 0 Å². The lowest BCUT2D eigenvalue weighted by Gasteiger charge is -2.43. The molecule has 0 radical (unpaired) electrons. The van der Waals surface area contributed by atoms with Gasteiger partial charge in [0.1, 0.15) is 0 Å². The molecule has 100 valence electrons. The van der Waals surface area contributed by atoms with Gasteiger partial charge in [-0.1, -0.05) is 33.1 Å². The molecule has 3 N–H and O–H groups in total. The molecule has 0 bridgehead atoms. The van der Waals surface area contributed by atoms with Crippen molar-refractivity contribution in [3.8, 4) is 0 Å². The minimum atomic E-state index is 0.251. The van der Waals surface area contributed by atoms with Crippen molar-refractivity contribution >= 4 is 0 Å². The van der Waals surface area contributed by atoms with E-state index < -0.39 is 0 Å². The van der Waals surface area contributed by atoms with E-state index in [4.69, 9.17) is 5.73 Å². The fourth-order valence-electron chi connectivity index (χ4n) is 3.98. The molecule has 2 fully saturated rings. The molecule has 2 atom stereocenters. The summed E-state index contributed by atoms with van der Waals surface area (Å²) < 4.78 is 0. The first-order valence-corrected chi connectivity index (χ1v) is 7.58. The molecular weight excluding hydrogens is 208 g/mol. The van der Waals surface area contributed by atoms with Crippen LogP contribution in [0.5, 0.6) is 0 Å². The van der Waals surface area contributed by atoms with Crippen LogP contribution in [-0.2, 0) is 0 Å². The second-order valence-corrected chi connectivity index (χ2v) is 6.85. The summed E-state index contributed by atoms with van der Waals surface area (Å²) in [5.74, 6) is 2.67. The van der Waals surface area contributed by atoms with Crippen molar-refractivity contribution in [2.24, 2.45) is 23.5 Å². The van der Waals surface area contributed by atoms with Crippen molar-refractivity contribution in [2.75, 3.05) is 13.1 Å². The van der Waals surface area contributed by atoms with Crippen molar-refractivity contribution in [1.29, 1.82) is 0 Å². The molecule has 0 spiro atoms. The molecule has 2 aliphatic rings. The molecule has 2 aliphatic carbocycles. The van der Waals surface area contributed by atoms with E-state index in [9.17, 15) is 0 Å². The lowest BCUT2D eigenvalue weighted by atomic mass is 9.71. The minimum absolute atomic E-state index is 0.251. The standard InChI is InChI=1S/C15H30N2/c1-12-8-13(2)10-15(9-12,11-16)17-7-6-14-4-3-5-14/h12-14,17H,3-11,16H2,1-2H3. The van der Waals surface area contributed by atoms with Crippen LogP contribution < -0.4 is 11.1 Å². The van der Waals surface area contributed by atoms with Crippen LogP contribution in [0, 0.1) is 17.8 Å². The second kappa shape index (κ2) is 5.71. The summed E-state index contributed by atoms with van der Waals surface area (Å²) in [5.41, 5.74) is 6.31. The summed E-state index contributed by atoms with van der Waals surface area (Å²) in [4.78, 5) is 0. The summed E-state index contributed by atoms with van der Waals surface area (Å²) in [6.45, 7) is 6.76. The van der Waals surface area contributed by atoms with Gasteiger partial charge in [0, 0.05) is 12.1 Å². The van der Waals surface area contributed by atoms with Gasteiger partial charge in [0.05, 0.1) is 0 Å². The summed E-state index contributed by atoms with van der Waals surface area (Å²) >= 11 is 0. The van der Waals surface area contributed by atoms with Gasteiger partial charge in [0.2, 0.25) is 0 Å². The van der Waals surface area contributed by atoms with Crippen LogP contribution >= 0.6 is 0 Å². The number of nitrogens with one attached hydrogen (secondary N) is 1. The van der Waals surface area contributed by atoms with Crippen molar-refractivity contribution in [2.45, 2.75) is 64.3 Å². The van der Waals surface area contributed by atoms with Gasteiger partial charge in [-0.05, 0) is 50.0 Å². The fraction of sp³-hybridized carbons (Fsp3) is 1.00. The molecule has 0 aromatic heterocycles. The Hall–Kier alpha value is -0.0800. The smallest absolute Gasteiger partial charge is 0.0309 e. The molecule has 0 heterocycles. The Morgan fingerprint density at radius 2 is 1.82 bits per heavy atom. The summed E-state index contributed by atoms with van der Waals surface area (Å²) in [6, 6.07) is 0. The molecule has 2 unspecified atom stereocenters. The molecular formula is C15H30N2. The number of hydrogen-bond acceptors (Lipinski definition) is 2. The monoisotopic (exact) mass is 238 g/mol. The minimum Gasteiger partial charge on any atom is -0.329 e. The molecule has 2 rings (SSSR count). The zero-order valence-corrected chi connectivity index (χ0v) is 11.7. The number of nitrogens with two attached hydrogens (primary N) is 1. The highest BCUT2D eigenvalue weighted by Crippen LogP contribution is 2.36.